The zero-order valence-electron chi connectivity index (χ0n) is 15.6. The summed E-state index contributed by atoms with van der Waals surface area (Å²) in [6.07, 6.45) is 2.83. The van der Waals surface area contributed by atoms with Gasteiger partial charge in [0.2, 0.25) is 5.78 Å². The topological polar surface area (TPSA) is 37.3 Å². The second-order valence-electron chi connectivity index (χ2n) is 8.15. The lowest BCUT2D eigenvalue weighted by Gasteiger charge is -2.27. The van der Waals surface area contributed by atoms with Gasteiger partial charge in [-0.1, -0.05) is 60.8 Å². The Balaban J connectivity index is 3.38. The van der Waals surface area contributed by atoms with Gasteiger partial charge in [0.25, 0.3) is 0 Å². The largest absolute Gasteiger partial charge is 0.507 e. The van der Waals surface area contributed by atoms with Crippen LogP contribution in [0, 0.1) is 11.8 Å². The maximum Gasteiger partial charge on any atom is 0.235 e. The first-order valence-corrected chi connectivity index (χ1v) is 8.39. The van der Waals surface area contributed by atoms with E-state index in [1.807, 2.05) is 41.5 Å². The molecule has 0 saturated carbocycles. The molecule has 23 heavy (non-hydrogen) atoms. The Morgan fingerprint density at radius 3 is 1.91 bits per heavy atom. The Morgan fingerprint density at radius 1 is 1.04 bits per heavy atom. The van der Waals surface area contributed by atoms with Crippen molar-refractivity contribution in [2.45, 2.75) is 78.6 Å². The molecule has 0 atom stereocenters. The molecule has 126 valence electrons. The quantitative estimate of drug-likeness (QED) is 0.353. The van der Waals surface area contributed by atoms with E-state index in [2.05, 4.69) is 18.8 Å². The molecule has 0 unspecified atom stereocenters. The Hall–Kier alpha value is -1.75. The molecule has 2 heteroatoms. The molecule has 0 bridgehead atoms. The molecule has 0 amide bonds. The number of phenols is 1. The molecule has 0 fully saturated rings. The Labute approximate surface area is 141 Å². The first-order valence-electron chi connectivity index (χ1n) is 8.39. The number of rotatable bonds is 3. The fourth-order valence-corrected chi connectivity index (χ4v) is 2.39. The number of aromatic hydroxyl groups is 1. The second-order valence-corrected chi connectivity index (χ2v) is 8.15. The van der Waals surface area contributed by atoms with Crippen LogP contribution in [0.5, 0.6) is 5.75 Å². The minimum Gasteiger partial charge on any atom is -0.507 e. The number of hydrogen-bond donors (Lipinski definition) is 1. The van der Waals surface area contributed by atoms with Crippen LogP contribution in [0.1, 0.15) is 89.2 Å². The van der Waals surface area contributed by atoms with E-state index in [9.17, 15) is 9.90 Å². The molecule has 1 aromatic carbocycles. The zero-order chi connectivity index (χ0) is 17.8. The highest BCUT2D eigenvalue weighted by Crippen LogP contribution is 2.39. The molecule has 1 rings (SSSR count). The summed E-state index contributed by atoms with van der Waals surface area (Å²) in [6, 6.07) is 3.59. The summed E-state index contributed by atoms with van der Waals surface area (Å²) in [5, 5.41) is 10.7. The van der Waals surface area contributed by atoms with Crippen LogP contribution in [0.25, 0.3) is 0 Å². The van der Waals surface area contributed by atoms with Crippen molar-refractivity contribution in [3.05, 3.63) is 28.8 Å². The fraction of sp³-hybridized carbons (Fsp3) is 0.571. The van der Waals surface area contributed by atoms with E-state index in [1.54, 1.807) is 12.1 Å². The third kappa shape index (κ3) is 5.13. The van der Waals surface area contributed by atoms with Gasteiger partial charge in [0.15, 0.2) is 0 Å². The van der Waals surface area contributed by atoms with Gasteiger partial charge in [-0.3, -0.25) is 4.79 Å². The molecule has 0 aliphatic rings. The van der Waals surface area contributed by atoms with Gasteiger partial charge in [0, 0.05) is 23.1 Å². The highest BCUT2D eigenvalue weighted by molar-refractivity contribution is 6.09. The van der Waals surface area contributed by atoms with Crippen LogP contribution in [0.15, 0.2) is 12.1 Å². The molecule has 0 aromatic heterocycles. The SMILES string of the molecule is CCCCC#CC(=O)c1cc(C(C)(C)C)c(O)c(C(C)(C)C)c1. The van der Waals surface area contributed by atoms with Crippen LogP contribution in [-0.4, -0.2) is 10.9 Å². The second kappa shape index (κ2) is 7.21. The molecule has 1 aromatic rings. The number of Topliss-reactive ketones (excluding diaryl/α,β-unsaturated/α-hetero) is 1. The number of ketones is 1. The van der Waals surface area contributed by atoms with Crippen LogP contribution >= 0.6 is 0 Å². The number of benzene rings is 1. The third-order valence-electron chi connectivity index (χ3n) is 3.85. The number of carbonyl (C=O) groups excluding carboxylic acids is 1. The lowest BCUT2D eigenvalue weighted by molar-refractivity contribution is 0.105. The maximum absolute atomic E-state index is 12.4. The zero-order valence-corrected chi connectivity index (χ0v) is 15.6. The average molecular weight is 314 g/mol. The monoisotopic (exact) mass is 314 g/mol. The van der Waals surface area contributed by atoms with Crippen LogP contribution < -0.4 is 0 Å². The third-order valence-corrected chi connectivity index (χ3v) is 3.85. The summed E-state index contributed by atoms with van der Waals surface area (Å²) in [5.74, 6) is 5.82. The van der Waals surface area contributed by atoms with E-state index in [1.165, 1.54) is 0 Å². The normalized spacial score (nSPS) is 11.8. The molecule has 2 nitrogen and oxygen atoms in total. The van der Waals surface area contributed by atoms with Crippen LogP contribution in [0.2, 0.25) is 0 Å². The molecule has 0 spiro atoms. The first-order chi connectivity index (χ1) is 10.5. The summed E-state index contributed by atoms with van der Waals surface area (Å²) in [7, 11) is 0. The van der Waals surface area contributed by atoms with Crippen molar-refractivity contribution in [2.24, 2.45) is 0 Å². The maximum atomic E-state index is 12.4. The molecule has 0 heterocycles. The van der Waals surface area contributed by atoms with Crippen molar-refractivity contribution in [1.82, 2.24) is 0 Å². The summed E-state index contributed by atoms with van der Waals surface area (Å²) in [6.45, 7) is 14.3. The van der Waals surface area contributed by atoms with Crippen molar-refractivity contribution in [2.75, 3.05) is 0 Å². The average Bonchev–Trinajstić information content (AvgIpc) is 2.41. The van der Waals surface area contributed by atoms with Gasteiger partial charge in [-0.05, 0) is 35.3 Å². The molecule has 0 aliphatic heterocycles. The number of carbonyl (C=O) groups is 1. The van der Waals surface area contributed by atoms with E-state index >= 15 is 0 Å². The van der Waals surface area contributed by atoms with Crippen molar-refractivity contribution >= 4 is 5.78 Å². The summed E-state index contributed by atoms with van der Waals surface area (Å²) < 4.78 is 0. The first kappa shape index (κ1) is 19.3. The Kier molecular flexibility index (Phi) is 6.05. The van der Waals surface area contributed by atoms with Gasteiger partial charge in [-0.15, -0.1) is 0 Å². The molecule has 0 saturated heterocycles. The van der Waals surface area contributed by atoms with E-state index in [-0.39, 0.29) is 16.6 Å². The van der Waals surface area contributed by atoms with Crippen molar-refractivity contribution in [3.63, 3.8) is 0 Å². The van der Waals surface area contributed by atoms with Gasteiger partial charge in [0.1, 0.15) is 5.75 Å². The van der Waals surface area contributed by atoms with Gasteiger partial charge >= 0.3 is 0 Å². The van der Waals surface area contributed by atoms with E-state index in [0.29, 0.717) is 11.3 Å². The number of unbranched alkanes of at least 4 members (excludes halogenated alkanes) is 2. The molecule has 1 N–H and O–H groups in total. The Morgan fingerprint density at radius 2 is 1.52 bits per heavy atom. The summed E-state index contributed by atoms with van der Waals surface area (Å²) in [5.41, 5.74) is 1.68. The highest BCUT2D eigenvalue weighted by Gasteiger charge is 2.27. The van der Waals surface area contributed by atoms with Crippen LogP contribution in [0.4, 0.5) is 0 Å². The lowest BCUT2D eigenvalue weighted by atomic mass is 9.78. The van der Waals surface area contributed by atoms with Gasteiger partial charge < -0.3 is 5.11 Å². The minimum atomic E-state index is -0.240. The van der Waals surface area contributed by atoms with Crippen LogP contribution in [-0.2, 0) is 10.8 Å². The lowest BCUT2D eigenvalue weighted by Crippen LogP contribution is -2.18. The summed E-state index contributed by atoms with van der Waals surface area (Å²) >= 11 is 0. The number of hydrogen-bond acceptors (Lipinski definition) is 2. The van der Waals surface area contributed by atoms with Gasteiger partial charge in [0.05, 0.1) is 0 Å². The molecule has 0 radical (unpaired) electrons. The molecular formula is C21H30O2. The van der Waals surface area contributed by atoms with Crippen molar-refractivity contribution in [3.8, 4) is 17.6 Å². The molecule has 0 aliphatic carbocycles. The predicted molar refractivity (Wildman–Crippen MR) is 97.1 cm³/mol. The Bertz CT molecular complexity index is 594. The fourth-order valence-electron chi connectivity index (χ4n) is 2.39. The summed E-state index contributed by atoms with van der Waals surface area (Å²) in [4.78, 5) is 12.4. The highest BCUT2D eigenvalue weighted by atomic mass is 16.3. The van der Waals surface area contributed by atoms with E-state index in [4.69, 9.17) is 0 Å². The van der Waals surface area contributed by atoms with Crippen molar-refractivity contribution < 1.29 is 9.90 Å². The standard InChI is InChI=1S/C21H30O2/c1-8-9-10-11-12-18(22)15-13-16(20(2,3)4)19(23)17(14-15)21(5,6)7/h13-14,23H,8-10H2,1-7H3. The van der Waals surface area contributed by atoms with E-state index in [0.717, 1.165) is 30.4 Å². The van der Waals surface area contributed by atoms with Crippen molar-refractivity contribution in [1.29, 1.82) is 0 Å². The van der Waals surface area contributed by atoms with Gasteiger partial charge in [-0.2, -0.15) is 0 Å². The van der Waals surface area contributed by atoms with Crippen LogP contribution in [0.3, 0.4) is 0 Å². The molecular weight excluding hydrogens is 284 g/mol. The predicted octanol–water partition coefficient (Wildman–Crippen LogP) is 5.36. The number of phenolic OH excluding ortho intramolecular Hbond substituents is 1. The minimum absolute atomic E-state index is 0.169. The van der Waals surface area contributed by atoms with Gasteiger partial charge in [-0.25, -0.2) is 0 Å². The van der Waals surface area contributed by atoms with E-state index < -0.39 is 0 Å². The smallest absolute Gasteiger partial charge is 0.235 e.